The average Bonchev–Trinajstić information content (AvgIpc) is 2.99. The fraction of sp³-hybridized carbons (Fsp3) is 0.722. The molecule has 0 spiro atoms. The second-order valence-electron chi connectivity index (χ2n) is 6.66. The first-order valence-electron chi connectivity index (χ1n) is 7.98. The summed E-state index contributed by atoms with van der Waals surface area (Å²) in [5, 5.41) is 0. The molecule has 2 atom stereocenters. The van der Waals surface area contributed by atoms with Gasteiger partial charge in [0.1, 0.15) is 0 Å². The summed E-state index contributed by atoms with van der Waals surface area (Å²) in [7, 11) is 0. The van der Waals surface area contributed by atoms with E-state index in [-0.39, 0.29) is 5.91 Å². The van der Waals surface area contributed by atoms with Gasteiger partial charge in [0.25, 0.3) is 0 Å². The second kappa shape index (κ2) is 7.66. The SMILES string of the molecule is C/C=C/C(=O)N(CCC)CC1CC1(C)CCC=C(C)C. The van der Waals surface area contributed by atoms with E-state index in [1.165, 1.54) is 24.8 Å². The van der Waals surface area contributed by atoms with E-state index in [2.05, 4.69) is 33.8 Å². The Kier molecular flexibility index (Phi) is 6.51. The van der Waals surface area contributed by atoms with Gasteiger partial charge in [-0.2, -0.15) is 0 Å². The molecule has 0 radical (unpaired) electrons. The zero-order chi connectivity index (χ0) is 15.2. The summed E-state index contributed by atoms with van der Waals surface area (Å²) in [5.74, 6) is 0.863. The Labute approximate surface area is 124 Å². The number of carbonyl (C=O) groups is 1. The summed E-state index contributed by atoms with van der Waals surface area (Å²) >= 11 is 0. The summed E-state index contributed by atoms with van der Waals surface area (Å²) in [6, 6.07) is 0. The minimum Gasteiger partial charge on any atom is -0.339 e. The van der Waals surface area contributed by atoms with Crippen molar-refractivity contribution in [1.82, 2.24) is 4.90 Å². The molecule has 1 saturated carbocycles. The Morgan fingerprint density at radius 2 is 2.10 bits per heavy atom. The first kappa shape index (κ1) is 17.0. The third-order valence-electron chi connectivity index (χ3n) is 4.36. The van der Waals surface area contributed by atoms with Crippen molar-refractivity contribution in [3.8, 4) is 0 Å². The highest BCUT2D eigenvalue weighted by atomic mass is 16.2. The first-order valence-corrected chi connectivity index (χ1v) is 7.98. The fourth-order valence-corrected chi connectivity index (χ4v) is 2.86. The largest absolute Gasteiger partial charge is 0.339 e. The molecule has 114 valence electrons. The van der Waals surface area contributed by atoms with Crippen LogP contribution in [0, 0.1) is 11.3 Å². The molecule has 1 aliphatic carbocycles. The van der Waals surface area contributed by atoms with Gasteiger partial charge >= 0.3 is 0 Å². The number of carbonyl (C=O) groups excluding carboxylic acids is 1. The van der Waals surface area contributed by atoms with Crippen LogP contribution in [0.25, 0.3) is 0 Å². The lowest BCUT2D eigenvalue weighted by atomic mass is 9.98. The van der Waals surface area contributed by atoms with Gasteiger partial charge in [-0.05, 0) is 63.9 Å². The molecule has 0 aromatic rings. The van der Waals surface area contributed by atoms with Crippen LogP contribution >= 0.6 is 0 Å². The normalized spacial score (nSPS) is 24.8. The molecule has 1 fully saturated rings. The molecular formula is C18H31NO. The Morgan fingerprint density at radius 3 is 2.65 bits per heavy atom. The molecule has 0 saturated heterocycles. The molecule has 1 aliphatic rings. The zero-order valence-corrected chi connectivity index (χ0v) is 13.9. The lowest BCUT2D eigenvalue weighted by Crippen LogP contribution is -2.33. The topological polar surface area (TPSA) is 20.3 Å². The van der Waals surface area contributed by atoms with Crippen LogP contribution in [0.15, 0.2) is 23.8 Å². The van der Waals surface area contributed by atoms with Crippen molar-refractivity contribution in [2.45, 2.75) is 60.3 Å². The van der Waals surface area contributed by atoms with Crippen LogP contribution in [0.4, 0.5) is 0 Å². The van der Waals surface area contributed by atoms with Gasteiger partial charge in [0.05, 0.1) is 0 Å². The maximum Gasteiger partial charge on any atom is 0.246 e. The molecule has 0 aromatic heterocycles. The molecule has 2 heteroatoms. The van der Waals surface area contributed by atoms with Crippen LogP contribution in [0.3, 0.4) is 0 Å². The third-order valence-corrected chi connectivity index (χ3v) is 4.36. The van der Waals surface area contributed by atoms with Gasteiger partial charge in [0, 0.05) is 13.1 Å². The van der Waals surface area contributed by atoms with Gasteiger partial charge in [-0.1, -0.05) is 31.6 Å². The van der Waals surface area contributed by atoms with Crippen LogP contribution in [0.1, 0.15) is 60.3 Å². The number of nitrogens with zero attached hydrogens (tertiary/aromatic N) is 1. The van der Waals surface area contributed by atoms with Crippen molar-refractivity contribution in [1.29, 1.82) is 0 Å². The predicted octanol–water partition coefficient (Wildman–Crippen LogP) is 4.57. The van der Waals surface area contributed by atoms with E-state index in [4.69, 9.17) is 0 Å². The van der Waals surface area contributed by atoms with E-state index >= 15 is 0 Å². The van der Waals surface area contributed by atoms with Crippen LogP contribution in [0.5, 0.6) is 0 Å². The van der Waals surface area contributed by atoms with Crippen molar-refractivity contribution in [2.24, 2.45) is 11.3 Å². The smallest absolute Gasteiger partial charge is 0.246 e. The molecule has 20 heavy (non-hydrogen) atoms. The molecule has 2 nitrogen and oxygen atoms in total. The maximum atomic E-state index is 12.0. The summed E-state index contributed by atoms with van der Waals surface area (Å²) in [4.78, 5) is 14.1. The Bertz CT molecular complexity index is 379. The van der Waals surface area contributed by atoms with E-state index in [1.54, 1.807) is 6.08 Å². The maximum absolute atomic E-state index is 12.0. The minimum absolute atomic E-state index is 0.174. The van der Waals surface area contributed by atoms with E-state index < -0.39 is 0 Å². The van der Waals surface area contributed by atoms with Gasteiger partial charge in [0.15, 0.2) is 0 Å². The van der Waals surface area contributed by atoms with Crippen LogP contribution in [-0.2, 0) is 4.79 Å². The molecular weight excluding hydrogens is 246 g/mol. The standard InChI is InChI=1S/C18H31NO/c1-6-9-17(20)19(12-7-2)14-16-13-18(16,5)11-8-10-15(3)4/h6,9-10,16H,7-8,11-14H2,1-5H3/b9-6+. The molecule has 0 aliphatic heterocycles. The van der Waals surface area contributed by atoms with Gasteiger partial charge in [-0.3, -0.25) is 4.79 Å². The number of rotatable bonds is 8. The number of hydrogen-bond donors (Lipinski definition) is 0. The zero-order valence-electron chi connectivity index (χ0n) is 13.9. The highest BCUT2D eigenvalue weighted by molar-refractivity contribution is 5.87. The quantitative estimate of drug-likeness (QED) is 0.470. The van der Waals surface area contributed by atoms with Crippen LogP contribution in [-0.4, -0.2) is 23.9 Å². The number of allylic oxidation sites excluding steroid dienone is 3. The predicted molar refractivity (Wildman–Crippen MR) is 86.6 cm³/mol. The van der Waals surface area contributed by atoms with Crippen molar-refractivity contribution >= 4 is 5.91 Å². The van der Waals surface area contributed by atoms with Crippen molar-refractivity contribution in [3.05, 3.63) is 23.8 Å². The Hall–Kier alpha value is -1.05. The summed E-state index contributed by atoms with van der Waals surface area (Å²) in [5.41, 5.74) is 1.86. The molecule has 0 aromatic carbocycles. The summed E-state index contributed by atoms with van der Waals surface area (Å²) in [6.45, 7) is 12.5. The summed E-state index contributed by atoms with van der Waals surface area (Å²) in [6.07, 6.45) is 10.6. The van der Waals surface area contributed by atoms with Crippen LogP contribution in [0.2, 0.25) is 0 Å². The van der Waals surface area contributed by atoms with Gasteiger partial charge in [0.2, 0.25) is 5.91 Å². The van der Waals surface area contributed by atoms with Crippen LogP contribution < -0.4 is 0 Å². The molecule has 2 unspecified atom stereocenters. The monoisotopic (exact) mass is 277 g/mol. The van der Waals surface area contributed by atoms with E-state index in [0.29, 0.717) is 11.3 Å². The van der Waals surface area contributed by atoms with Gasteiger partial charge in [-0.15, -0.1) is 0 Å². The highest BCUT2D eigenvalue weighted by Gasteiger charge is 2.49. The third kappa shape index (κ3) is 5.15. The van der Waals surface area contributed by atoms with E-state index in [1.807, 2.05) is 17.9 Å². The lowest BCUT2D eigenvalue weighted by molar-refractivity contribution is -0.126. The number of hydrogen-bond acceptors (Lipinski definition) is 1. The second-order valence-corrected chi connectivity index (χ2v) is 6.66. The highest BCUT2D eigenvalue weighted by Crippen LogP contribution is 2.55. The summed E-state index contributed by atoms with van der Waals surface area (Å²) < 4.78 is 0. The average molecular weight is 277 g/mol. The van der Waals surface area contributed by atoms with Crippen molar-refractivity contribution < 1.29 is 4.79 Å². The molecule has 0 heterocycles. The van der Waals surface area contributed by atoms with Crippen molar-refractivity contribution in [3.63, 3.8) is 0 Å². The van der Waals surface area contributed by atoms with Gasteiger partial charge in [-0.25, -0.2) is 0 Å². The van der Waals surface area contributed by atoms with Crippen molar-refractivity contribution in [2.75, 3.05) is 13.1 Å². The fourth-order valence-electron chi connectivity index (χ4n) is 2.86. The molecule has 1 amide bonds. The van der Waals surface area contributed by atoms with Gasteiger partial charge < -0.3 is 4.90 Å². The molecule has 0 bridgehead atoms. The molecule has 1 rings (SSSR count). The Balaban J connectivity index is 2.47. The lowest BCUT2D eigenvalue weighted by Gasteiger charge is -2.22. The minimum atomic E-state index is 0.174. The van der Waals surface area contributed by atoms with E-state index in [9.17, 15) is 4.79 Å². The number of amides is 1. The Morgan fingerprint density at radius 1 is 1.40 bits per heavy atom. The van der Waals surface area contributed by atoms with E-state index in [0.717, 1.165) is 19.5 Å². The first-order chi connectivity index (χ1) is 9.42. The molecule has 0 N–H and O–H groups in total.